The highest BCUT2D eigenvalue weighted by Crippen LogP contribution is 2.33. The Morgan fingerprint density at radius 2 is 1.89 bits per heavy atom. The lowest BCUT2D eigenvalue weighted by atomic mass is 10.1. The van der Waals surface area contributed by atoms with Crippen LogP contribution in [0.25, 0.3) is 0 Å². The first kappa shape index (κ1) is 19.0. The molecular weight excluding hydrogens is 368 g/mol. The molecule has 1 aliphatic heterocycles. The van der Waals surface area contributed by atoms with Crippen LogP contribution in [0.5, 0.6) is 11.5 Å². The molecular formula is C19H22N2O5S. The second kappa shape index (κ2) is 8.30. The summed E-state index contributed by atoms with van der Waals surface area (Å²) in [4.78, 5) is 12.5. The Morgan fingerprint density at radius 1 is 1.11 bits per heavy atom. The van der Waals surface area contributed by atoms with E-state index in [-0.39, 0.29) is 18.2 Å². The van der Waals surface area contributed by atoms with Crippen LogP contribution in [-0.4, -0.2) is 33.3 Å². The molecule has 0 spiro atoms. The fourth-order valence-electron chi connectivity index (χ4n) is 2.77. The molecule has 0 bridgehead atoms. The van der Waals surface area contributed by atoms with Crippen molar-refractivity contribution in [2.45, 2.75) is 19.9 Å². The number of hydrogen-bond donors (Lipinski definition) is 2. The normalized spacial score (nSPS) is 13.1. The van der Waals surface area contributed by atoms with Crippen LogP contribution < -0.4 is 19.5 Å². The molecule has 27 heavy (non-hydrogen) atoms. The maximum Gasteiger partial charge on any atom is 0.251 e. The molecule has 0 aromatic heterocycles. The fraction of sp³-hybridized carbons (Fsp3) is 0.316. The summed E-state index contributed by atoms with van der Waals surface area (Å²) in [6.07, 6.45) is 0.517. The molecule has 2 aromatic carbocycles. The third-order valence-corrected chi connectivity index (χ3v) is 5.45. The molecule has 2 aromatic rings. The predicted molar refractivity (Wildman–Crippen MR) is 103 cm³/mol. The van der Waals surface area contributed by atoms with Gasteiger partial charge in [-0.05, 0) is 30.7 Å². The summed E-state index contributed by atoms with van der Waals surface area (Å²) in [5.41, 5.74) is 1.55. The maximum absolute atomic E-state index is 12.5. The zero-order valence-corrected chi connectivity index (χ0v) is 15.8. The van der Waals surface area contributed by atoms with Crippen LogP contribution in [0.4, 0.5) is 5.69 Å². The Labute approximate surface area is 158 Å². The number of anilines is 1. The van der Waals surface area contributed by atoms with Gasteiger partial charge >= 0.3 is 0 Å². The Bertz CT molecular complexity index is 927. The van der Waals surface area contributed by atoms with E-state index in [4.69, 9.17) is 9.47 Å². The maximum atomic E-state index is 12.5. The van der Waals surface area contributed by atoms with Crippen molar-refractivity contribution in [1.29, 1.82) is 0 Å². The minimum absolute atomic E-state index is 0.0324. The molecule has 1 amide bonds. The Hall–Kier alpha value is -2.74. The number of amides is 1. The van der Waals surface area contributed by atoms with E-state index in [1.807, 2.05) is 18.2 Å². The smallest absolute Gasteiger partial charge is 0.251 e. The number of ether oxygens (including phenoxy) is 2. The highest BCUT2D eigenvalue weighted by molar-refractivity contribution is 7.92. The molecule has 1 aliphatic rings. The number of carbonyl (C=O) groups is 1. The third-order valence-electron chi connectivity index (χ3n) is 3.96. The van der Waals surface area contributed by atoms with Gasteiger partial charge in [0.1, 0.15) is 13.2 Å². The second-order valence-corrected chi connectivity index (χ2v) is 7.97. The third kappa shape index (κ3) is 4.91. The molecule has 144 valence electrons. The lowest BCUT2D eigenvalue weighted by molar-refractivity contribution is 0.0950. The van der Waals surface area contributed by atoms with Crippen molar-refractivity contribution in [3.63, 3.8) is 0 Å². The van der Waals surface area contributed by atoms with Gasteiger partial charge in [0.15, 0.2) is 11.5 Å². The summed E-state index contributed by atoms with van der Waals surface area (Å²) < 4.78 is 37.4. The van der Waals surface area contributed by atoms with Crippen LogP contribution in [0.15, 0.2) is 42.5 Å². The Morgan fingerprint density at radius 3 is 2.70 bits per heavy atom. The van der Waals surface area contributed by atoms with Gasteiger partial charge in [-0.2, -0.15) is 0 Å². The van der Waals surface area contributed by atoms with Gasteiger partial charge in [-0.15, -0.1) is 0 Å². The van der Waals surface area contributed by atoms with Crippen LogP contribution in [0, 0.1) is 0 Å². The van der Waals surface area contributed by atoms with Gasteiger partial charge in [-0.1, -0.05) is 25.1 Å². The zero-order valence-electron chi connectivity index (χ0n) is 15.0. The summed E-state index contributed by atoms with van der Waals surface area (Å²) in [7, 11) is -3.40. The van der Waals surface area contributed by atoms with E-state index in [2.05, 4.69) is 10.0 Å². The number of para-hydroxylation sites is 1. The molecule has 0 radical (unpaired) electrons. The summed E-state index contributed by atoms with van der Waals surface area (Å²) in [5, 5.41) is 2.83. The summed E-state index contributed by atoms with van der Waals surface area (Å²) in [6.45, 7) is 3.04. The molecule has 7 nitrogen and oxygen atoms in total. The van der Waals surface area contributed by atoms with E-state index >= 15 is 0 Å². The second-order valence-electron chi connectivity index (χ2n) is 6.13. The van der Waals surface area contributed by atoms with Crippen LogP contribution in [-0.2, 0) is 16.6 Å². The van der Waals surface area contributed by atoms with Crippen molar-refractivity contribution in [3.8, 4) is 11.5 Å². The number of benzene rings is 2. The van der Waals surface area contributed by atoms with E-state index in [0.717, 1.165) is 5.56 Å². The molecule has 0 saturated carbocycles. The summed E-state index contributed by atoms with van der Waals surface area (Å²) in [6, 6.07) is 11.9. The first-order valence-electron chi connectivity index (χ1n) is 8.75. The highest BCUT2D eigenvalue weighted by Gasteiger charge is 2.16. The van der Waals surface area contributed by atoms with Crippen LogP contribution >= 0.6 is 0 Å². The Balaban J connectivity index is 1.68. The van der Waals surface area contributed by atoms with Crippen LogP contribution in [0.3, 0.4) is 0 Å². The SMILES string of the molecule is CCCS(=O)(=O)Nc1cccc(C(=O)NCc2cccc3c2OCCO3)c1. The van der Waals surface area contributed by atoms with Gasteiger partial charge in [0, 0.05) is 23.4 Å². The minimum atomic E-state index is -3.40. The molecule has 0 fully saturated rings. The number of nitrogens with one attached hydrogen (secondary N) is 2. The van der Waals surface area contributed by atoms with Crippen molar-refractivity contribution >= 4 is 21.6 Å². The quantitative estimate of drug-likeness (QED) is 0.758. The van der Waals surface area contributed by atoms with E-state index < -0.39 is 10.0 Å². The fourth-order valence-corrected chi connectivity index (χ4v) is 3.90. The van der Waals surface area contributed by atoms with E-state index in [9.17, 15) is 13.2 Å². The monoisotopic (exact) mass is 390 g/mol. The van der Waals surface area contributed by atoms with Crippen LogP contribution in [0.2, 0.25) is 0 Å². The molecule has 8 heteroatoms. The van der Waals surface area contributed by atoms with Crippen molar-refractivity contribution in [3.05, 3.63) is 53.6 Å². The summed E-state index contributed by atoms with van der Waals surface area (Å²) in [5.74, 6) is 1.04. The van der Waals surface area contributed by atoms with Gasteiger partial charge in [0.25, 0.3) is 5.91 Å². The van der Waals surface area contributed by atoms with E-state index in [0.29, 0.717) is 42.4 Å². The van der Waals surface area contributed by atoms with Crippen LogP contribution in [0.1, 0.15) is 29.3 Å². The first-order valence-corrected chi connectivity index (χ1v) is 10.4. The standard InChI is InChI=1S/C19H22N2O5S/c1-2-11-27(23,24)21-16-7-3-5-14(12-16)19(22)20-13-15-6-4-8-17-18(15)26-10-9-25-17/h3-8,12,21H,2,9-11,13H2,1H3,(H,20,22). The van der Waals surface area contributed by atoms with E-state index in [1.54, 1.807) is 25.1 Å². The van der Waals surface area contributed by atoms with Gasteiger partial charge in [0.2, 0.25) is 10.0 Å². The number of fused-ring (bicyclic) bond motifs is 1. The van der Waals surface area contributed by atoms with Crippen molar-refractivity contribution in [2.24, 2.45) is 0 Å². The van der Waals surface area contributed by atoms with Crippen molar-refractivity contribution in [1.82, 2.24) is 5.32 Å². The van der Waals surface area contributed by atoms with Crippen molar-refractivity contribution in [2.75, 3.05) is 23.7 Å². The van der Waals surface area contributed by atoms with Gasteiger partial charge in [-0.25, -0.2) is 8.42 Å². The number of hydrogen-bond acceptors (Lipinski definition) is 5. The van der Waals surface area contributed by atoms with Gasteiger partial charge in [-0.3, -0.25) is 9.52 Å². The number of carbonyl (C=O) groups excluding carboxylic acids is 1. The summed E-state index contributed by atoms with van der Waals surface area (Å²) >= 11 is 0. The lowest BCUT2D eigenvalue weighted by Gasteiger charge is -2.21. The van der Waals surface area contributed by atoms with Gasteiger partial charge in [0.05, 0.1) is 5.75 Å². The lowest BCUT2D eigenvalue weighted by Crippen LogP contribution is -2.24. The molecule has 2 N–H and O–H groups in total. The molecule has 1 heterocycles. The predicted octanol–water partition coefficient (Wildman–Crippen LogP) is 2.54. The number of sulfonamides is 1. The highest BCUT2D eigenvalue weighted by atomic mass is 32.2. The molecule has 3 rings (SSSR count). The Kier molecular flexibility index (Phi) is 5.85. The zero-order chi connectivity index (χ0) is 19.3. The van der Waals surface area contributed by atoms with E-state index in [1.165, 1.54) is 6.07 Å². The molecule has 0 aliphatic carbocycles. The largest absolute Gasteiger partial charge is 0.486 e. The molecule has 0 unspecified atom stereocenters. The molecule has 0 atom stereocenters. The minimum Gasteiger partial charge on any atom is -0.486 e. The van der Waals surface area contributed by atoms with Crippen molar-refractivity contribution < 1.29 is 22.7 Å². The van der Waals surface area contributed by atoms with Gasteiger partial charge < -0.3 is 14.8 Å². The topological polar surface area (TPSA) is 93.7 Å². The average Bonchev–Trinajstić information content (AvgIpc) is 2.65. The first-order chi connectivity index (χ1) is 13.0. The average molecular weight is 390 g/mol. The molecule has 0 saturated heterocycles. The number of rotatable bonds is 7.